The monoisotopic (exact) mass is 821 g/mol. The van der Waals surface area contributed by atoms with Gasteiger partial charge in [0.2, 0.25) is 0 Å². The molecule has 0 saturated heterocycles. The minimum Gasteiger partial charge on any atom is -0.462 e. The molecule has 0 saturated carbocycles. The summed E-state index contributed by atoms with van der Waals surface area (Å²) in [6, 6.07) is 0. The Morgan fingerprint density at radius 2 is 0.569 bits per heavy atom. The van der Waals surface area contributed by atoms with Crippen molar-refractivity contribution < 1.29 is 28.6 Å². The summed E-state index contributed by atoms with van der Waals surface area (Å²) in [6.07, 6.45) is 45.3. The summed E-state index contributed by atoms with van der Waals surface area (Å²) < 4.78 is 16.8. The molecule has 0 amide bonds. The van der Waals surface area contributed by atoms with Crippen LogP contribution in [0.5, 0.6) is 0 Å². The second kappa shape index (κ2) is 44.9. The summed E-state index contributed by atoms with van der Waals surface area (Å²) in [6.45, 7) is 11.3. The summed E-state index contributed by atoms with van der Waals surface area (Å²) in [5, 5.41) is 0. The van der Waals surface area contributed by atoms with Crippen molar-refractivity contribution >= 4 is 17.9 Å². The molecule has 0 aromatic carbocycles. The van der Waals surface area contributed by atoms with E-state index in [-0.39, 0.29) is 31.1 Å². The van der Waals surface area contributed by atoms with Crippen molar-refractivity contribution in [3.05, 3.63) is 0 Å². The number of carbonyl (C=O) groups is 3. The Morgan fingerprint density at radius 3 is 0.845 bits per heavy atom. The van der Waals surface area contributed by atoms with E-state index in [1.165, 1.54) is 173 Å². The maximum absolute atomic E-state index is 12.7. The van der Waals surface area contributed by atoms with Crippen LogP contribution in [0.15, 0.2) is 0 Å². The van der Waals surface area contributed by atoms with Crippen molar-refractivity contribution in [2.75, 3.05) is 13.2 Å². The van der Waals surface area contributed by atoms with Crippen molar-refractivity contribution in [1.29, 1.82) is 0 Å². The summed E-state index contributed by atoms with van der Waals surface area (Å²) in [5.41, 5.74) is 0. The molecule has 0 aliphatic rings. The molecule has 344 valence electrons. The lowest BCUT2D eigenvalue weighted by molar-refractivity contribution is -0.167. The highest BCUT2D eigenvalue weighted by atomic mass is 16.6. The molecule has 0 radical (unpaired) electrons. The highest BCUT2D eigenvalue weighted by Crippen LogP contribution is 2.17. The average Bonchev–Trinajstić information content (AvgIpc) is 3.19. The zero-order chi connectivity index (χ0) is 42.6. The van der Waals surface area contributed by atoms with E-state index in [4.69, 9.17) is 14.2 Å². The molecule has 0 bridgehead atoms. The van der Waals surface area contributed by atoms with Crippen molar-refractivity contribution in [3.8, 4) is 0 Å². The van der Waals surface area contributed by atoms with Crippen molar-refractivity contribution in [3.63, 3.8) is 0 Å². The fourth-order valence-electron chi connectivity index (χ4n) is 7.81. The fourth-order valence-corrected chi connectivity index (χ4v) is 7.81. The van der Waals surface area contributed by atoms with Gasteiger partial charge in [-0.2, -0.15) is 0 Å². The average molecular weight is 821 g/mol. The molecule has 0 fully saturated rings. The van der Waals surface area contributed by atoms with Crippen LogP contribution in [0.4, 0.5) is 0 Å². The highest BCUT2D eigenvalue weighted by molar-refractivity contribution is 5.71. The highest BCUT2D eigenvalue weighted by Gasteiger charge is 2.19. The number of rotatable bonds is 46. The lowest BCUT2D eigenvalue weighted by atomic mass is 10.0. The quantitative estimate of drug-likeness (QED) is 0.0346. The molecule has 6 heteroatoms. The van der Waals surface area contributed by atoms with Gasteiger partial charge >= 0.3 is 17.9 Å². The molecule has 0 unspecified atom stereocenters. The molecule has 58 heavy (non-hydrogen) atoms. The maximum Gasteiger partial charge on any atom is 0.306 e. The van der Waals surface area contributed by atoms with Crippen LogP contribution in [0.3, 0.4) is 0 Å². The lowest BCUT2D eigenvalue weighted by Crippen LogP contribution is -2.30. The third-order valence-electron chi connectivity index (χ3n) is 11.7. The van der Waals surface area contributed by atoms with E-state index in [0.717, 1.165) is 69.6 Å². The Kier molecular flexibility index (Phi) is 43.7. The summed E-state index contributed by atoms with van der Waals surface area (Å²) >= 11 is 0. The number of ether oxygens (including phenoxy) is 3. The first-order valence-corrected chi connectivity index (χ1v) is 25.7. The minimum atomic E-state index is -0.760. The zero-order valence-corrected chi connectivity index (χ0v) is 39.7. The van der Waals surface area contributed by atoms with Crippen LogP contribution >= 0.6 is 0 Å². The van der Waals surface area contributed by atoms with Gasteiger partial charge in [0.25, 0.3) is 0 Å². The van der Waals surface area contributed by atoms with Crippen LogP contribution in [0.25, 0.3) is 0 Å². The van der Waals surface area contributed by atoms with Gasteiger partial charge in [-0.05, 0) is 31.1 Å². The van der Waals surface area contributed by atoms with Crippen LogP contribution in [0.1, 0.15) is 285 Å². The van der Waals surface area contributed by atoms with Gasteiger partial charge in [0.05, 0.1) is 0 Å². The van der Waals surface area contributed by atoms with Crippen LogP contribution in [-0.2, 0) is 28.6 Å². The van der Waals surface area contributed by atoms with Gasteiger partial charge < -0.3 is 14.2 Å². The van der Waals surface area contributed by atoms with Crippen molar-refractivity contribution in [1.82, 2.24) is 0 Å². The summed E-state index contributed by atoms with van der Waals surface area (Å²) in [5.74, 6) is 0.809. The van der Waals surface area contributed by atoms with Gasteiger partial charge in [-0.25, -0.2) is 0 Å². The fraction of sp³-hybridized carbons (Fsp3) is 0.942. The standard InChI is InChI=1S/C52H100O6/c1-6-7-8-9-10-20-29-34-39-44-52(55)58-49(46-57-51(54)43-38-33-28-24-19-22-26-31-36-41-48(4)5)45-56-50(53)42-37-32-27-23-18-16-14-12-11-13-15-17-21-25-30-35-40-47(2)3/h47-49H,6-46H2,1-5H3/t49-/m1/s1. The normalized spacial score (nSPS) is 12.1. The predicted molar refractivity (Wildman–Crippen MR) is 247 cm³/mol. The third-order valence-corrected chi connectivity index (χ3v) is 11.7. The van der Waals surface area contributed by atoms with Crippen LogP contribution < -0.4 is 0 Å². The Labute approximate surface area is 361 Å². The molecule has 0 rings (SSSR count). The Hall–Kier alpha value is -1.59. The van der Waals surface area contributed by atoms with Crippen LogP contribution in [0.2, 0.25) is 0 Å². The SMILES string of the molecule is CCCCCCCCCCCC(=O)O[C@H](COC(=O)CCCCCCCCCCCCCCCCCCC(C)C)COC(=O)CCCCCCCCCCCC(C)C. The summed E-state index contributed by atoms with van der Waals surface area (Å²) in [4.78, 5) is 37.8. The van der Waals surface area contributed by atoms with Crippen molar-refractivity contribution in [2.24, 2.45) is 11.8 Å². The first kappa shape index (κ1) is 56.4. The Balaban J connectivity index is 4.20. The first-order chi connectivity index (χ1) is 28.2. The molecule has 0 aromatic heterocycles. The largest absolute Gasteiger partial charge is 0.462 e. The van der Waals surface area contributed by atoms with E-state index in [0.29, 0.717) is 19.3 Å². The molecule has 0 spiro atoms. The number of carbonyl (C=O) groups excluding carboxylic acids is 3. The van der Waals surface area contributed by atoms with E-state index in [9.17, 15) is 14.4 Å². The topological polar surface area (TPSA) is 78.9 Å². The molecule has 0 heterocycles. The molecule has 0 N–H and O–H groups in total. The van der Waals surface area contributed by atoms with E-state index in [1.807, 2.05) is 0 Å². The molecule has 1 atom stereocenters. The van der Waals surface area contributed by atoms with E-state index < -0.39 is 6.10 Å². The van der Waals surface area contributed by atoms with Crippen LogP contribution in [0, 0.1) is 11.8 Å². The number of hydrogen-bond donors (Lipinski definition) is 0. The minimum absolute atomic E-state index is 0.0640. The second-order valence-electron chi connectivity index (χ2n) is 18.8. The van der Waals surface area contributed by atoms with Gasteiger partial charge in [-0.1, -0.05) is 247 Å². The van der Waals surface area contributed by atoms with E-state index in [1.54, 1.807) is 0 Å². The molecule has 0 aromatic rings. The third kappa shape index (κ3) is 45.5. The zero-order valence-electron chi connectivity index (χ0n) is 39.7. The van der Waals surface area contributed by atoms with E-state index >= 15 is 0 Å². The van der Waals surface area contributed by atoms with Crippen molar-refractivity contribution in [2.45, 2.75) is 291 Å². The first-order valence-electron chi connectivity index (χ1n) is 25.7. The van der Waals surface area contributed by atoms with E-state index in [2.05, 4.69) is 34.6 Å². The molecule has 0 aliphatic carbocycles. The number of esters is 3. The van der Waals surface area contributed by atoms with Gasteiger partial charge in [0.15, 0.2) is 6.10 Å². The van der Waals surface area contributed by atoms with Crippen LogP contribution in [-0.4, -0.2) is 37.2 Å². The van der Waals surface area contributed by atoms with Gasteiger partial charge in [0.1, 0.15) is 13.2 Å². The smallest absolute Gasteiger partial charge is 0.306 e. The molecular weight excluding hydrogens is 721 g/mol. The lowest BCUT2D eigenvalue weighted by Gasteiger charge is -2.18. The summed E-state index contributed by atoms with van der Waals surface area (Å²) in [7, 11) is 0. The Morgan fingerprint density at radius 1 is 0.328 bits per heavy atom. The number of hydrogen-bond acceptors (Lipinski definition) is 6. The maximum atomic E-state index is 12.7. The molecular formula is C52H100O6. The second-order valence-corrected chi connectivity index (χ2v) is 18.8. The van der Waals surface area contributed by atoms with Gasteiger partial charge in [0, 0.05) is 19.3 Å². The van der Waals surface area contributed by atoms with Gasteiger partial charge in [-0.15, -0.1) is 0 Å². The molecule has 0 aliphatic heterocycles. The predicted octanol–water partition coefficient (Wildman–Crippen LogP) is 16.5. The number of unbranched alkanes of at least 4 members (excludes halogenated alkanes) is 31. The van der Waals surface area contributed by atoms with Gasteiger partial charge in [-0.3, -0.25) is 14.4 Å². The molecule has 6 nitrogen and oxygen atoms in total. The Bertz CT molecular complexity index is 885.